The summed E-state index contributed by atoms with van der Waals surface area (Å²) in [5, 5.41) is 15.7. The van der Waals surface area contributed by atoms with E-state index in [2.05, 4.69) is 16.7 Å². The molecule has 4 nitrogen and oxygen atoms in total. The zero-order valence-electron chi connectivity index (χ0n) is 9.98. The van der Waals surface area contributed by atoms with Crippen LogP contribution in [0.15, 0.2) is 5.16 Å². The van der Waals surface area contributed by atoms with Gasteiger partial charge < -0.3 is 16.3 Å². The number of rotatable bonds is 7. The van der Waals surface area contributed by atoms with Crippen molar-refractivity contribution in [1.82, 2.24) is 5.32 Å². The summed E-state index contributed by atoms with van der Waals surface area (Å²) < 4.78 is 0. The SMILES string of the molecule is CSC1CCCC1NCCCCC(N)=NO. The van der Waals surface area contributed by atoms with E-state index in [0.29, 0.717) is 18.3 Å². The summed E-state index contributed by atoms with van der Waals surface area (Å²) in [5.74, 6) is 0.336. The number of hydrogen-bond acceptors (Lipinski definition) is 4. The normalized spacial score (nSPS) is 26.2. The average molecular weight is 245 g/mol. The number of hydrogen-bond donors (Lipinski definition) is 3. The Labute approximate surface area is 102 Å². The summed E-state index contributed by atoms with van der Waals surface area (Å²) in [6.45, 7) is 1.04. The van der Waals surface area contributed by atoms with Gasteiger partial charge in [-0.05, 0) is 38.5 Å². The van der Waals surface area contributed by atoms with Gasteiger partial charge >= 0.3 is 0 Å². The number of thioether (sulfide) groups is 1. The summed E-state index contributed by atoms with van der Waals surface area (Å²) in [4.78, 5) is 0. The van der Waals surface area contributed by atoms with E-state index in [1.165, 1.54) is 19.3 Å². The van der Waals surface area contributed by atoms with Gasteiger partial charge in [0.15, 0.2) is 0 Å². The highest BCUT2D eigenvalue weighted by atomic mass is 32.2. The van der Waals surface area contributed by atoms with Crippen molar-refractivity contribution in [1.29, 1.82) is 0 Å². The monoisotopic (exact) mass is 245 g/mol. The molecule has 1 fully saturated rings. The lowest BCUT2D eigenvalue weighted by molar-refractivity contribution is 0.316. The van der Waals surface area contributed by atoms with E-state index in [1.807, 2.05) is 11.8 Å². The number of unbranched alkanes of at least 4 members (excludes halogenated alkanes) is 1. The van der Waals surface area contributed by atoms with E-state index < -0.39 is 0 Å². The van der Waals surface area contributed by atoms with Gasteiger partial charge in [-0.15, -0.1) is 0 Å². The second-order valence-electron chi connectivity index (χ2n) is 4.31. The van der Waals surface area contributed by atoms with Gasteiger partial charge in [0.25, 0.3) is 0 Å². The Bertz CT molecular complexity index is 223. The van der Waals surface area contributed by atoms with Crippen molar-refractivity contribution in [3.05, 3.63) is 0 Å². The summed E-state index contributed by atoms with van der Waals surface area (Å²) in [6.07, 6.45) is 8.98. The molecule has 0 radical (unpaired) electrons. The fourth-order valence-electron chi connectivity index (χ4n) is 2.21. The standard InChI is InChI=1S/C11H23N3OS/c1-16-10-6-4-5-9(10)13-8-3-2-7-11(12)14-15/h9-10,13,15H,2-8H2,1H3,(H2,12,14). The van der Waals surface area contributed by atoms with Gasteiger partial charge in [-0.3, -0.25) is 0 Å². The van der Waals surface area contributed by atoms with Crippen LogP contribution in [0.5, 0.6) is 0 Å². The third-order valence-electron chi connectivity index (χ3n) is 3.15. The summed E-state index contributed by atoms with van der Waals surface area (Å²) in [7, 11) is 0. The third-order valence-corrected chi connectivity index (χ3v) is 4.32. The molecule has 0 aromatic heterocycles. The van der Waals surface area contributed by atoms with Gasteiger partial charge in [-0.2, -0.15) is 11.8 Å². The summed E-state index contributed by atoms with van der Waals surface area (Å²) in [6, 6.07) is 0.693. The van der Waals surface area contributed by atoms with E-state index >= 15 is 0 Å². The highest BCUT2D eigenvalue weighted by Gasteiger charge is 2.25. The maximum absolute atomic E-state index is 8.38. The van der Waals surface area contributed by atoms with Crippen LogP contribution in [0.4, 0.5) is 0 Å². The average Bonchev–Trinajstić information content (AvgIpc) is 2.75. The largest absolute Gasteiger partial charge is 0.409 e. The van der Waals surface area contributed by atoms with E-state index in [1.54, 1.807) is 0 Å². The highest BCUT2D eigenvalue weighted by Crippen LogP contribution is 2.28. The topological polar surface area (TPSA) is 70.6 Å². The lowest BCUT2D eigenvalue weighted by Crippen LogP contribution is -2.34. The molecule has 2 atom stereocenters. The van der Waals surface area contributed by atoms with Gasteiger partial charge in [0.05, 0.1) is 0 Å². The maximum Gasteiger partial charge on any atom is 0.139 e. The van der Waals surface area contributed by atoms with Gasteiger partial charge in [0.2, 0.25) is 0 Å². The minimum Gasteiger partial charge on any atom is -0.409 e. The molecule has 16 heavy (non-hydrogen) atoms. The smallest absolute Gasteiger partial charge is 0.139 e. The Morgan fingerprint density at radius 2 is 2.31 bits per heavy atom. The van der Waals surface area contributed by atoms with Crippen LogP contribution in [0.2, 0.25) is 0 Å². The molecule has 94 valence electrons. The first-order valence-corrected chi connectivity index (χ1v) is 7.29. The second kappa shape index (κ2) is 7.79. The molecule has 5 heteroatoms. The third kappa shape index (κ3) is 4.61. The van der Waals surface area contributed by atoms with Gasteiger partial charge in [-0.25, -0.2) is 0 Å². The Kier molecular flexibility index (Phi) is 6.64. The number of nitrogens with two attached hydrogens (primary N) is 1. The molecule has 0 aromatic rings. The van der Waals surface area contributed by atoms with Gasteiger partial charge in [0, 0.05) is 17.7 Å². The van der Waals surface area contributed by atoms with E-state index in [0.717, 1.165) is 24.6 Å². The minimum atomic E-state index is 0.336. The van der Waals surface area contributed by atoms with E-state index in [4.69, 9.17) is 10.9 Å². The Morgan fingerprint density at radius 3 is 3.00 bits per heavy atom. The molecule has 4 N–H and O–H groups in total. The number of oxime groups is 1. The molecular formula is C11H23N3OS. The highest BCUT2D eigenvalue weighted by molar-refractivity contribution is 7.99. The molecule has 1 rings (SSSR count). The quantitative estimate of drug-likeness (QED) is 0.210. The number of nitrogens with one attached hydrogen (secondary N) is 1. The molecule has 0 aromatic carbocycles. The van der Waals surface area contributed by atoms with Crippen LogP contribution in [-0.4, -0.2) is 35.1 Å². The van der Waals surface area contributed by atoms with Crippen molar-refractivity contribution in [2.45, 2.75) is 49.8 Å². The van der Waals surface area contributed by atoms with Crippen LogP contribution < -0.4 is 11.1 Å². The van der Waals surface area contributed by atoms with E-state index in [9.17, 15) is 0 Å². The summed E-state index contributed by atoms with van der Waals surface area (Å²) in [5.41, 5.74) is 5.40. The Morgan fingerprint density at radius 1 is 1.50 bits per heavy atom. The number of nitrogens with zero attached hydrogens (tertiary/aromatic N) is 1. The molecule has 0 saturated heterocycles. The molecule has 0 bridgehead atoms. The van der Waals surface area contributed by atoms with Crippen LogP contribution in [0, 0.1) is 0 Å². The van der Waals surface area contributed by atoms with Crippen molar-refractivity contribution in [2.75, 3.05) is 12.8 Å². The first kappa shape index (κ1) is 13.6. The van der Waals surface area contributed by atoms with Crippen LogP contribution in [0.25, 0.3) is 0 Å². The first-order chi connectivity index (χ1) is 7.77. The van der Waals surface area contributed by atoms with Crippen molar-refractivity contribution >= 4 is 17.6 Å². The zero-order chi connectivity index (χ0) is 11.8. The molecule has 0 spiro atoms. The van der Waals surface area contributed by atoms with Crippen LogP contribution in [0.1, 0.15) is 38.5 Å². The van der Waals surface area contributed by atoms with Gasteiger partial charge in [-0.1, -0.05) is 11.6 Å². The number of amidine groups is 1. The fraction of sp³-hybridized carbons (Fsp3) is 0.909. The minimum absolute atomic E-state index is 0.336. The summed E-state index contributed by atoms with van der Waals surface area (Å²) >= 11 is 1.98. The lowest BCUT2D eigenvalue weighted by atomic mass is 10.2. The predicted octanol–water partition coefficient (Wildman–Crippen LogP) is 1.78. The van der Waals surface area contributed by atoms with E-state index in [-0.39, 0.29) is 0 Å². The van der Waals surface area contributed by atoms with Crippen molar-refractivity contribution < 1.29 is 5.21 Å². The molecule has 1 aliphatic carbocycles. The zero-order valence-corrected chi connectivity index (χ0v) is 10.8. The second-order valence-corrected chi connectivity index (χ2v) is 5.39. The molecule has 1 saturated carbocycles. The van der Waals surface area contributed by atoms with Crippen molar-refractivity contribution in [3.63, 3.8) is 0 Å². The molecule has 0 amide bonds. The van der Waals surface area contributed by atoms with Crippen molar-refractivity contribution in [2.24, 2.45) is 10.9 Å². The maximum atomic E-state index is 8.38. The van der Waals surface area contributed by atoms with Crippen LogP contribution >= 0.6 is 11.8 Å². The van der Waals surface area contributed by atoms with Crippen LogP contribution in [-0.2, 0) is 0 Å². The fourth-order valence-corrected chi connectivity index (χ4v) is 3.17. The van der Waals surface area contributed by atoms with Gasteiger partial charge in [0.1, 0.15) is 5.84 Å². The molecule has 1 aliphatic rings. The molecule has 2 unspecified atom stereocenters. The van der Waals surface area contributed by atoms with Crippen molar-refractivity contribution in [3.8, 4) is 0 Å². The Hall–Kier alpha value is -0.420. The molecule has 0 aliphatic heterocycles. The first-order valence-electron chi connectivity index (χ1n) is 6.00. The lowest BCUT2D eigenvalue weighted by Gasteiger charge is -2.18. The Balaban J connectivity index is 2.02. The van der Waals surface area contributed by atoms with Crippen LogP contribution in [0.3, 0.4) is 0 Å². The predicted molar refractivity (Wildman–Crippen MR) is 70.2 cm³/mol. The molecular weight excluding hydrogens is 222 g/mol. The molecule has 0 heterocycles.